The zero-order chi connectivity index (χ0) is 14.5. The van der Waals surface area contributed by atoms with Crippen LogP contribution in [0.4, 0.5) is 0 Å². The van der Waals surface area contributed by atoms with E-state index in [9.17, 15) is 4.79 Å². The number of carbonyl (C=O) groups excluding carboxylic acids is 1. The molecule has 1 aliphatic heterocycles. The summed E-state index contributed by atoms with van der Waals surface area (Å²) in [4.78, 5) is 18.2. The Morgan fingerprint density at radius 3 is 2.45 bits per heavy atom. The van der Waals surface area contributed by atoms with Crippen LogP contribution in [-0.4, -0.2) is 41.0 Å². The highest BCUT2D eigenvalue weighted by atomic mass is 35.5. The fourth-order valence-corrected chi connectivity index (χ4v) is 2.28. The van der Waals surface area contributed by atoms with Crippen LogP contribution in [-0.2, 0) is 4.79 Å². The maximum absolute atomic E-state index is 12.2. The molecule has 1 aliphatic rings. The summed E-state index contributed by atoms with van der Waals surface area (Å²) < 4.78 is 5.81. The third-order valence-electron chi connectivity index (χ3n) is 3.68. The molecule has 1 saturated heterocycles. The van der Waals surface area contributed by atoms with Crippen molar-refractivity contribution in [2.45, 2.75) is 38.8 Å². The van der Waals surface area contributed by atoms with Gasteiger partial charge >= 0.3 is 0 Å². The van der Waals surface area contributed by atoms with Crippen molar-refractivity contribution < 1.29 is 9.53 Å². The van der Waals surface area contributed by atoms with Crippen molar-refractivity contribution in [1.82, 2.24) is 9.88 Å². The molecule has 0 radical (unpaired) electrons. The Bertz CT molecular complexity index is 438. The maximum atomic E-state index is 12.2. The quantitative estimate of drug-likeness (QED) is 0.905. The first-order chi connectivity index (χ1) is 9.58. The summed E-state index contributed by atoms with van der Waals surface area (Å²) in [6.07, 6.45) is 3.50. The van der Waals surface area contributed by atoms with E-state index in [1.54, 1.807) is 6.20 Å². The van der Waals surface area contributed by atoms with E-state index in [0.29, 0.717) is 19.0 Å². The van der Waals surface area contributed by atoms with Gasteiger partial charge in [-0.2, -0.15) is 0 Å². The van der Waals surface area contributed by atoms with Gasteiger partial charge in [-0.3, -0.25) is 4.79 Å². The summed E-state index contributed by atoms with van der Waals surface area (Å²) >= 11 is 0. The molecule has 0 bridgehead atoms. The second-order valence-corrected chi connectivity index (χ2v) is 5.58. The van der Waals surface area contributed by atoms with Crippen LogP contribution in [0.25, 0.3) is 0 Å². The molecule has 1 aromatic heterocycles. The number of piperidine rings is 1. The third-order valence-corrected chi connectivity index (χ3v) is 3.68. The van der Waals surface area contributed by atoms with Crippen LogP contribution in [0.5, 0.6) is 5.88 Å². The van der Waals surface area contributed by atoms with Crippen LogP contribution >= 0.6 is 24.8 Å². The number of rotatable bonds is 4. The zero-order valence-electron chi connectivity index (χ0n) is 13.0. The average molecular weight is 350 g/mol. The van der Waals surface area contributed by atoms with Gasteiger partial charge in [0, 0.05) is 38.2 Å². The normalized spacial score (nSPS) is 16.5. The van der Waals surface area contributed by atoms with Crippen LogP contribution in [0.15, 0.2) is 24.4 Å². The Morgan fingerprint density at radius 2 is 1.95 bits per heavy atom. The average Bonchev–Trinajstić information content (AvgIpc) is 2.47. The molecule has 0 spiro atoms. The molecule has 1 fully saturated rings. The van der Waals surface area contributed by atoms with E-state index in [2.05, 4.69) is 4.98 Å². The van der Waals surface area contributed by atoms with E-state index in [4.69, 9.17) is 10.5 Å². The lowest BCUT2D eigenvalue weighted by atomic mass is 10.0. The topological polar surface area (TPSA) is 68.5 Å². The summed E-state index contributed by atoms with van der Waals surface area (Å²) in [6, 6.07) is 5.22. The number of nitrogens with two attached hydrogens (primary N) is 1. The molecule has 1 aromatic rings. The van der Waals surface area contributed by atoms with Crippen molar-refractivity contribution >= 4 is 30.7 Å². The van der Waals surface area contributed by atoms with E-state index in [-0.39, 0.29) is 42.7 Å². The van der Waals surface area contributed by atoms with E-state index in [0.717, 1.165) is 12.8 Å². The molecular weight excluding hydrogens is 325 g/mol. The lowest BCUT2D eigenvalue weighted by Gasteiger charge is -2.34. The standard InChI is InChI=1S/C15H23N3O2.2ClH/c1-11(2)14(16)15(19)18-9-6-12(7-10-18)20-13-5-3-4-8-17-13;;/h3-5,8,11-12,14H,6-7,9-10,16H2,1-2H3;2*1H/t14-;;/m0../s1. The number of aromatic nitrogens is 1. The maximum Gasteiger partial charge on any atom is 0.239 e. The lowest BCUT2D eigenvalue weighted by molar-refractivity contribution is -0.135. The van der Waals surface area contributed by atoms with Crippen LogP contribution in [0.1, 0.15) is 26.7 Å². The highest BCUT2D eigenvalue weighted by Crippen LogP contribution is 2.18. The smallest absolute Gasteiger partial charge is 0.239 e. The lowest BCUT2D eigenvalue weighted by Crippen LogP contribution is -2.50. The molecule has 2 heterocycles. The van der Waals surface area contributed by atoms with Crippen molar-refractivity contribution in [2.75, 3.05) is 13.1 Å². The molecule has 0 aliphatic carbocycles. The predicted octanol–water partition coefficient (Wildman–Crippen LogP) is 2.28. The van der Waals surface area contributed by atoms with Gasteiger partial charge in [-0.05, 0) is 12.0 Å². The van der Waals surface area contributed by atoms with Gasteiger partial charge in [-0.25, -0.2) is 4.98 Å². The number of nitrogens with zero attached hydrogens (tertiary/aromatic N) is 2. The van der Waals surface area contributed by atoms with Gasteiger partial charge in [0.2, 0.25) is 11.8 Å². The van der Waals surface area contributed by atoms with Crippen LogP contribution in [0.2, 0.25) is 0 Å². The Hall–Kier alpha value is -1.04. The van der Waals surface area contributed by atoms with Crippen molar-refractivity contribution in [3.05, 3.63) is 24.4 Å². The number of likely N-dealkylation sites (tertiary alicyclic amines) is 1. The van der Waals surface area contributed by atoms with Gasteiger partial charge in [0.05, 0.1) is 6.04 Å². The summed E-state index contributed by atoms with van der Waals surface area (Å²) in [7, 11) is 0. The van der Waals surface area contributed by atoms with E-state index >= 15 is 0 Å². The van der Waals surface area contributed by atoms with E-state index in [1.165, 1.54) is 0 Å². The molecule has 2 N–H and O–H groups in total. The Morgan fingerprint density at radius 1 is 1.32 bits per heavy atom. The molecule has 5 nitrogen and oxygen atoms in total. The van der Waals surface area contributed by atoms with Crippen molar-refractivity contribution in [1.29, 1.82) is 0 Å². The Labute approximate surface area is 144 Å². The highest BCUT2D eigenvalue weighted by molar-refractivity contribution is 5.85. The van der Waals surface area contributed by atoms with Gasteiger partial charge in [0.15, 0.2) is 0 Å². The minimum atomic E-state index is -0.400. The van der Waals surface area contributed by atoms with Crippen LogP contribution in [0.3, 0.4) is 0 Å². The molecule has 0 aromatic carbocycles. The summed E-state index contributed by atoms with van der Waals surface area (Å²) in [6.45, 7) is 5.35. The Kier molecular flexibility index (Phi) is 9.41. The second kappa shape index (κ2) is 9.87. The first-order valence-corrected chi connectivity index (χ1v) is 7.20. The highest BCUT2D eigenvalue weighted by Gasteiger charge is 2.28. The number of hydrogen-bond donors (Lipinski definition) is 1. The van der Waals surface area contributed by atoms with Crippen molar-refractivity contribution in [2.24, 2.45) is 11.7 Å². The molecule has 126 valence electrons. The second-order valence-electron chi connectivity index (χ2n) is 5.58. The zero-order valence-corrected chi connectivity index (χ0v) is 14.6. The fourth-order valence-electron chi connectivity index (χ4n) is 2.28. The molecule has 22 heavy (non-hydrogen) atoms. The molecule has 2 rings (SSSR count). The minimum Gasteiger partial charge on any atom is -0.474 e. The SMILES string of the molecule is CC(C)[C@H](N)C(=O)N1CCC(Oc2ccccn2)CC1.Cl.Cl. The van der Waals surface area contributed by atoms with Crippen molar-refractivity contribution in [3.8, 4) is 5.88 Å². The summed E-state index contributed by atoms with van der Waals surface area (Å²) in [5.41, 5.74) is 5.92. The number of pyridine rings is 1. The predicted molar refractivity (Wildman–Crippen MR) is 91.8 cm³/mol. The monoisotopic (exact) mass is 349 g/mol. The van der Waals surface area contributed by atoms with Gasteiger partial charge in [-0.15, -0.1) is 24.8 Å². The molecule has 0 saturated carbocycles. The minimum absolute atomic E-state index is 0. The molecule has 1 amide bonds. The first-order valence-electron chi connectivity index (χ1n) is 7.20. The summed E-state index contributed by atoms with van der Waals surface area (Å²) in [5, 5.41) is 0. The first kappa shape index (κ1) is 21.0. The molecule has 0 unspecified atom stereocenters. The van der Waals surface area contributed by atoms with Crippen LogP contribution < -0.4 is 10.5 Å². The number of ether oxygens (including phenoxy) is 1. The van der Waals surface area contributed by atoms with Gasteiger partial charge in [0.25, 0.3) is 0 Å². The molecule has 7 heteroatoms. The third kappa shape index (κ3) is 5.63. The number of carbonyl (C=O) groups is 1. The van der Waals surface area contributed by atoms with Gasteiger partial charge < -0.3 is 15.4 Å². The van der Waals surface area contributed by atoms with E-state index < -0.39 is 6.04 Å². The molecule has 1 atom stereocenters. The summed E-state index contributed by atoms with van der Waals surface area (Å²) in [5.74, 6) is 0.873. The van der Waals surface area contributed by atoms with Gasteiger partial charge in [0.1, 0.15) is 6.10 Å². The number of amides is 1. The number of hydrogen-bond acceptors (Lipinski definition) is 4. The van der Waals surface area contributed by atoms with Crippen molar-refractivity contribution in [3.63, 3.8) is 0 Å². The number of halogens is 2. The van der Waals surface area contributed by atoms with Crippen LogP contribution in [0, 0.1) is 5.92 Å². The fraction of sp³-hybridized carbons (Fsp3) is 0.600. The Balaban J connectivity index is 0.00000220. The van der Waals surface area contributed by atoms with Gasteiger partial charge in [-0.1, -0.05) is 19.9 Å². The molecular formula is C15H25Cl2N3O2. The largest absolute Gasteiger partial charge is 0.474 e. The van der Waals surface area contributed by atoms with E-state index in [1.807, 2.05) is 36.9 Å².